The van der Waals surface area contributed by atoms with E-state index in [1.165, 1.54) is 12.1 Å². The molecular formula is C23H22FN5O. The van der Waals surface area contributed by atoms with Gasteiger partial charge in [0.2, 0.25) is 0 Å². The van der Waals surface area contributed by atoms with Crippen molar-refractivity contribution in [2.24, 2.45) is 0 Å². The van der Waals surface area contributed by atoms with Gasteiger partial charge in [-0.05, 0) is 55.3 Å². The van der Waals surface area contributed by atoms with E-state index in [0.717, 1.165) is 22.5 Å². The molecule has 1 N–H and O–H groups in total. The second-order valence-corrected chi connectivity index (χ2v) is 7.26. The molecule has 0 atom stereocenters. The molecular weight excluding hydrogens is 381 g/mol. The standard InChI is InChI=1S/C23H22FN5O/c1-16-13-17(2)29(26-16)15-19-3-7-20(8-4-19)23(30)25-22-11-12-28(27-22)14-18-5-9-21(24)10-6-18/h3-13H,14-15H2,1-2H3,(H,25,27,30). The number of anilines is 1. The number of halogens is 1. The number of carbonyl (C=O) groups excluding carboxylic acids is 1. The fourth-order valence-corrected chi connectivity index (χ4v) is 3.25. The lowest BCUT2D eigenvalue weighted by Gasteiger charge is -2.07. The Labute approximate surface area is 174 Å². The fourth-order valence-electron chi connectivity index (χ4n) is 3.25. The van der Waals surface area contributed by atoms with Crippen molar-refractivity contribution >= 4 is 11.7 Å². The molecule has 152 valence electrons. The molecule has 2 aromatic heterocycles. The number of hydrogen-bond donors (Lipinski definition) is 1. The molecule has 0 radical (unpaired) electrons. The van der Waals surface area contributed by atoms with E-state index in [-0.39, 0.29) is 11.7 Å². The maximum atomic E-state index is 13.0. The lowest BCUT2D eigenvalue weighted by atomic mass is 10.1. The van der Waals surface area contributed by atoms with Gasteiger partial charge < -0.3 is 5.32 Å². The molecule has 2 aromatic carbocycles. The number of aryl methyl sites for hydroxylation is 2. The van der Waals surface area contributed by atoms with Crippen molar-refractivity contribution in [3.63, 3.8) is 0 Å². The maximum Gasteiger partial charge on any atom is 0.256 e. The highest BCUT2D eigenvalue weighted by atomic mass is 19.1. The Hall–Kier alpha value is -3.74. The van der Waals surface area contributed by atoms with Crippen molar-refractivity contribution in [3.8, 4) is 0 Å². The summed E-state index contributed by atoms with van der Waals surface area (Å²) in [4.78, 5) is 12.5. The minimum absolute atomic E-state index is 0.223. The zero-order valence-corrected chi connectivity index (χ0v) is 16.8. The number of rotatable bonds is 6. The molecule has 7 heteroatoms. The van der Waals surface area contributed by atoms with Crippen LogP contribution in [0, 0.1) is 19.7 Å². The molecule has 2 heterocycles. The predicted molar refractivity (Wildman–Crippen MR) is 113 cm³/mol. The third kappa shape index (κ3) is 4.63. The van der Waals surface area contributed by atoms with Crippen LogP contribution in [0.2, 0.25) is 0 Å². The van der Waals surface area contributed by atoms with Crippen LogP contribution >= 0.6 is 0 Å². The van der Waals surface area contributed by atoms with Crippen molar-refractivity contribution < 1.29 is 9.18 Å². The third-order valence-corrected chi connectivity index (χ3v) is 4.79. The third-order valence-electron chi connectivity index (χ3n) is 4.79. The van der Waals surface area contributed by atoms with Gasteiger partial charge in [-0.3, -0.25) is 14.2 Å². The molecule has 4 aromatic rings. The van der Waals surface area contributed by atoms with Gasteiger partial charge in [0.1, 0.15) is 5.82 Å². The predicted octanol–water partition coefficient (Wildman–Crippen LogP) is 4.18. The topological polar surface area (TPSA) is 64.7 Å². The summed E-state index contributed by atoms with van der Waals surface area (Å²) in [7, 11) is 0. The average Bonchev–Trinajstić information content (AvgIpc) is 3.29. The quantitative estimate of drug-likeness (QED) is 0.525. The van der Waals surface area contributed by atoms with Crippen molar-refractivity contribution in [1.29, 1.82) is 0 Å². The number of benzene rings is 2. The number of hydrogen-bond acceptors (Lipinski definition) is 3. The SMILES string of the molecule is Cc1cc(C)n(Cc2ccc(C(=O)Nc3ccn(Cc4ccc(F)cc4)n3)cc2)n1. The Kier molecular flexibility index (Phi) is 5.43. The van der Waals surface area contributed by atoms with Gasteiger partial charge in [0.15, 0.2) is 5.82 Å². The number of amides is 1. The smallest absolute Gasteiger partial charge is 0.256 e. The van der Waals surface area contributed by atoms with Crippen LogP contribution in [-0.4, -0.2) is 25.5 Å². The summed E-state index contributed by atoms with van der Waals surface area (Å²) in [6.45, 7) is 5.15. The lowest BCUT2D eigenvalue weighted by molar-refractivity contribution is 0.102. The highest BCUT2D eigenvalue weighted by Gasteiger charge is 2.09. The largest absolute Gasteiger partial charge is 0.305 e. The molecule has 0 aliphatic heterocycles. The molecule has 6 nitrogen and oxygen atoms in total. The molecule has 4 rings (SSSR count). The molecule has 0 spiro atoms. The first kappa shape index (κ1) is 19.6. The number of nitrogens with one attached hydrogen (secondary N) is 1. The van der Waals surface area contributed by atoms with E-state index in [0.29, 0.717) is 24.5 Å². The Morgan fingerprint density at radius 2 is 1.60 bits per heavy atom. The van der Waals surface area contributed by atoms with E-state index < -0.39 is 0 Å². The van der Waals surface area contributed by atoms with Gasteiger partial charge in [-0.1, -0.05) is 24.3 Å². The Bertz CT molecular complexity index is 1160. The van der Waals surface area contributed by atoms with E-state index >= 15 is 0 Å². The maximum absolute atomic E-state index is 13.0. The second-order valence-electron chi connectivity index (χ2n) is 7.26. The molecule has 0 saturated heterocycles. The lowest BCUT2D eigenvalue weighted by Crippen LogP contribution is -2.13. The van der Waals surface area contributed by atoms with Crippen LogP contribution in [0.25, 0.3) is 0 Å². The summed E-state index contributed by atoms with van der Waals surface area (Å²) < 4.78 is 16.7. The second kappa shape index (κ2) is 8.32. The van der Waals surface area contributed by atoms with Gasteiger partial charge in [0.05, 0.1) is 18.8 Å². The summed E-state index contributed by atoms with van der Waals surface area (Å²) >= 11 is 0. The van der Waals surface area contributed by atoms with Gasteiger partial charge >= 0.3 is 0 Å². The molecule has 1 amide bonds. The normalized spacial score (nSPS) is 10.9. The van der Waals surface area contributed by atoms with Crippen molar-refractivity contribution in [3.05, 3.63) is 101 Å². The van der Waals surface area contributed by atoms with Crippen molar-refractivity contribution in [2.45, 2.75) is 26.9 Å². The molecule has 0 aliphatic rings. The monoisotopic (exact) mass is 403 g/mol. The Balaban J connectivity index is 1.37. The van der Waals surface area contributed by atoms with Gasteiger partial charge in [0, 0.05) is 23.5 Å². The van der Waals surface area contributed by atoms with Crippen LogP contribution in [0.5, 0.6) is 0 Å². The summed E-state index contributed by atoms with van der Waals surface area (Å²) in [5, 5.41) is 11.6. The number of aromatic nitrogens is 4. The minimum atomic E-state index is -0.270. The van der Waals surface area contributed by atoms with E-state index in [2.05, 4.69) is 15.5 Å². The van der Waals surface area contributed by atoms with E-state index in [1.54, 1.807) is 41.2 Å². The highest BCUT2D eigenvalue weighted by Crippen LogP contribution is 2.12. The molecule has 0 bridgehead atoms. The summed E-state index contributed by atoms with van der Waals surface area (Å²) in [6.07, 6.45) is 1.77. The first-order chi connectivity index (χ1) is 14.5. The Morgan fingerprint density at radius 1 is 0.933 bits per heavy atom. The van der Waals surface area contributed by atoms with Crippen LogP contribution in [0.15, 0.2) is 66.9 Å². The zero-order valence-electron chi connectivity index (χ0n) is 16.8. The first-order valence-electron chi connectivity index (χ1n) is 9.65. The zero-order chi connectivity index (χ0) is 21.1. The highest BCUT2D eigenvalue weighted by molar-refractivity contribution is 6.03. The number of carbonyl (C=O) groups is 1. The molecule has 0 unspecified atom stereocenters. The number of nitrogens with zero attached hydrogens (tertiary/aromatic N) is 4. The minimum Gasteiger partial charge on any atom is -0.305 e. The van der Waals surface area contributed by atoms with E-state index in [9.17, 15) is 9.18 Å². The molecule has 30 heavy (non-hydrogen) atoms. The van der Waals surface area contributed by atoms with E-state index in [4.69, 9.17) is 0 Å². The van der Waals surface area contributed by atoms with Gasteiger partial charge in [-0.25, -0.2) is 4.39 Å². The van der Waals surface area contributed by atoms with Gasteiger partial charge in [-0.2, -0.15) is 10.2 Å². The fraction of sp³-hybridized carbons (Fsp3) is 0.174. The van der Waals surface area contributed by atoms with Crippen LogP contribution in [0.1, 0.15) is 32.9 Å². The van der Waals surface area contributed by atoms with Crippen molar-refractivity contribution in [2.75, 3.05) is 5.32 Å². The van der Waals surface area contributed by atoms with Gasteiger partial charge in [-0.15, -0.1) is 0 Å². The van der Waals surface area contributed by atoms with Crippen LogP contribution in [0.3, 0.4) is 0 Å². The first-order valence-corrected chi connectivity index (χ1v) is 9.65. The molecule has 0 saturated carbocycles. The molecule has 0 fully saturated rings. The molecule has 0 aliphatic carbocycles. The van der Waals surface area contributed by atoms with Crippen LogP contribution in [0.4, 0.5) is 10.2 Å². The Morgan fingerprint density at radius 3 is 2.27 bits per heavy atom. The van der Waals surface area contributed by atoms with Crippen molar-refractivity contribution in [1.82, 2.24) is 19.6 Å². The van der Waals surface area contributed by atoms with E-state index in [1.807, 2.05) is 36.7 Å². The van der Waals surface area contributed by atoms with Crippen LogP contribution < -0.4 is 5.32 Å². The summed E-state index contributed by atoms with van der Waals surface area (Å²) in [6, 6.07) is 17.5. The summed E-state index contributed by atoms with van der Waals surface area (Å²) in [5.41, 5.74) is 4.64. The average molecular weight is 403 g/mol. The van der Waals surface area contributed by atoms with Gasteiger partial charge in [0.25, 0.3) is 5.91 Å². The summed E-state index contributed by atoms with van der Waals surface area (Å²) in [5.74, 6) is -0.0263. The van der Waals surface area contributed by atoms with Crippen LogP contribution in [-0.2, 0) is 13.1 Å².